The van der Waals surface area contributed by atoms with Crippen molar-refractivity contribution in [1.82, 2.24) is 0 Å². The Morgan fingerprint density at radius 3 is 2.63 bits per heavy atom. The molecule has 2 atom stereocenters. The molecule has 2 aromatic rings. The van der Waals surface area contributed by atoms with Gasteiger partial charge < -0.3 is 19.7 Å². The Labute approximate surface area is 176 Å². The Kier molecular flexibility index (Phi) is 6.40. The second kappa shape index (κ2) is 8.98. The van der Waals surface area contributed by atoms with Crippen LogP contribution >= 0.6 is 0 Å². The highest BCUT2D eigenvalue weighted by Gasteiger charge is 2.38. The van der Waals surface area contributed by atoms with E-state index in [-0.39, 0.29) is 18.9 Å². The Morgan fingerprint density at radius 1 is 1.17 bits per heavy atom. The SMILES string of the molecule is COc1ccccc1N1C[C@@H](C(=O)O[C@@H](C)C(=O)Nc2cc(C)ccc2C)CC1=O. The molecule has 2 aromatic carbocycles. The van der Waals surface area contributed by atoms with Gasteiger partial charge in [-0.05, 0) is 50.1 Å². The molecule has 7 nitrogen and oxygen atoms in total. The fraction of sp³-hybridized carbons (Fsp3) is 0.348. The maximum atomic E-state index is 12.6. The van der Waals surface area contributed by atoms with E-state index in [2.05, 4.69) is 5.32 Å². The van der Waals surface area contributed by atoms with Crippen molar-refractivity contribution in [2.45, 2.75) is 33.3 Å². The van der Waals surface area contributed by atoms with Crippen molar-refractivity contribution in [2.24, 2.45) is 5.92 Å². The first-order chi connectivity index (χ1) is 14.3. The summed E-state index contributed by atoms with van der Waals surface area (Å²) < 4.78 is 10.7. The third kappa shape index (κ3) is 4.62. The van der Waals surface area contributed by atoms with E-state index in [1.54, 1.807) is 18.2 Å². The summed E-state index contributed by atoms with van der Waals surface area (Å²) in [5.41, 5.74) is 3.23. The van der Waals surface area contributed by atoms with E-state index in [9.17, 15) is 14.4 Å². The molecule has 1 heterocycles. The highest BCUT2D eigenvalue weighted by atomic mass is 16.5. The van der Waals surface area contributed by atoms with Crippen molar-refractivity contribution in [3.63, 3.8) is 0 Å². The zero-order chi connectivity index (χ0) is 21.8. The van der Waals surface area contributed by atoms with Gasteiger partial charge in [-0.1, -0.05) is 24.3 Å². The highest BCUT2D eigenvalue weighted by Crippen LogP contribution is 2.33. The van der Waals surface area contributed by atoms with E-state index in [1.165, 1.54) is 18.9 Å². The molecule has 158 valence electrons. The Bertz CT molecular complexity index is 972. The Hall–Kier alpha value is -3.35. The molecular weight excluding hydrogens is 384 g/mol. The van der Waals surface area contributed by atoms with Crippen molar-refractivity contribution < 1.29 is 23.9 Å². The molecule has 3 rings (SSSR count). The molecule has 0 aromatic heterocycles. The number of anilines is 2. The van der Waals surface area contributed by atoms with Gasteiger partial charge in [-0.2, -0.15) is 0 Å². The Balaban J connectivity index is 1.62. The number of benzene rings is 2. The molecule has 7 heteroatoms. The number of nitrogens with one attached hydrogen (secondary N) is 1. The van der Waals surface area contributed by atoms with Crippen LogP contribution in [0.25, 0.3) is 0 Å². The van der Waals surface area contributed by atoms with Crippen LogP contribution in [-0.2, 0) is 19.1 Å². The molecule has 0 radical (unpaired) electrons. The minimum absolute atomic E-state index is 0.0300. The first kappa shape index (κ1) is 21.4. The van der Waals surface area contributed by atoms with Gasteiger partial charge in [0.15, 0.2) is 6.10 Å². The summed E-state index contributed by atoms with van der Waals surface area (Å²) >= 11 is 0. The fourth-order valence-corrected chi connectivity index (χ4v) is 3.38. The molecule has 1 aliphatic rings. The Morgan fingerprint density at radius 2 is 1.90 bits per heavy atom. The molecule has 0 bridgehead atoms. The summed E-state index contributed by atoms with van der Waals surface area (Å²) in [6.07, 6.45) is -0.949. The van der Waals surface area contributed by atoms with E-state index >= 15 is 0 Å². The average molecular weight is 410 g/mol. The number of nitrogens with zero attached hydrogens (tertiary/aromatic N) is 1. The van der Waals surface area contributed by atoms with Gasteiger partial charge in [0, 0.05) is 18.7 Å². The summed E-state index contributed by atoms with van der Waals surface area (Å²) in [6.45, 7) is 5.53. The monoisotopic (exact) mass is 410 g/mol. The topological polar surface area (TPSA) is 84.9 Å². The number of amides is 2. The zero-order valence-electron chi connectivity index (χ0n) is 17.6. The summed E-state index contributed by atoms with van der Waals surface area (Å²) in [5.74, 6) is -1.25. The molecule has 1 fully saturated rings. The first-order valence-corrected chi connectivity index (χ1v) is 9.82. The molecule has 30 heavy (non-hydrogen) atoms. The van der Waals surface area contributed by atoms with Crippen LogP contribution in [0.2, 0.25) is 0 Å². The van der Waals surface area contributed by atoms with Gasteiger partial charge in [0.25, 0.3) is 5.91 Å². The zero-order valence-corrected chi connectivity index (χ0v) is 17.6. The van der Waals surface area contributed by atoms with E-state index in [1.807, 2.05) is 38.1 Å². The highest BCUT2D eigenvalue weighted by molar-refractivity contribution is 6.01. The molecule has 2 amide bonds. The van der Waals surface area contributed by atoms with E-state index in [0.717, 1.165) is 11.1 Å². The number of methoxy groups -OCH3 is 1. The van der Waals surface area contributed by atoms with Crippen molar-refractivity contribution >= 4 is 29.2 Å². The second-order valence-electron chi connectivity index (χ2n) is 7.46. The van der Waals surface area contributed by atoms with Crippen LogP contribution < -0.4 is 15.0 Å². The maximum absolute atomic E-state index is 12.6. The van der Waals surface area contributed by atoms with Crippen molar-refractivity contribution in [3.05, 3.63) is 53.6 Å². The van der Waals surface area contributed by atoms with Crippen LogP contribution in [-0.4, -0.2) is 37.5 Å². The molecule has 1 saturated heterocycles. The van der Waals surface area contributed by atoms with Crippen LogP contribution in [0.3, 0.4) is 0 Å². The van der Waals surface area contributed by atoms with Gasteiger partial charge >= 0.3 is 5.97 Å². The van der Waals surface area contributed by atoms with Gasteiger partial charge in [-0.15, -0.1) is 0 Å². The maximum Gasteiger partial charge on any atom is 0.312 e. The number of carbonyl (C=O) groups excluding carboxylic acids is 3. The van der Waals surface area contributed by atoms with E-state index in [0.29, 0.717) is 17.1 Å². The van der Waals surface area contributed by atoms with Gasteiger partial charge in [-0.3, -0.25) is 14.4 Å². The van der Waals surface area contributed by atoms with Gasteiger partial charge in [0.05, 0.1) is 18.7 Å². The summed E-state index contributed by atoms with van der Waals surface area (Å²) in [7, 11) is 1.53. The predicted octanol–water partition coefficient (Wildman–Crippen LogP) is 3.24. The minimum atomic E-state index is -0.979. The molecule has 1 N–H and O–H groups in total. The molecule has 0 saturated carbocycles. The smallest absolute Gasteiger partial charge is 0.312 e. The van der Waals surface area contributed by atoms with Gasteiger partial charge in [-0.25, -0.2) is 0 Å². The van der Waals surface area contributed by atoms with Crippen LogP contribution in [0.15, 0.2) is 42.5 Å². The first-order valence-electron chi connectivity index (χ1n) is 9.82. The number of aryl methyl sites for hydroxylation is 2. The van der Waals surface area contributed by atoms with E-state index < -0.39 is 23.9 Å². The fourth-order valence-electron chi connectivity index (χ4n) is 3.38. The van der Waals surface area contributed by atoms with Gasteiger partial charge in [0.1, 0.15) is 5.75 Å². The lowest BCUT2D eigenvalue weighted by Crippen LogP contribution is -2.33. The van der Waals surface area contributed by atoms with Crippen LogP contribution in [0.5, 0.6) is 5.75 Å². The third-order valence-electron chi connectivity index (χ3n) is 5.15. The number of carbonyl (C=O) groups is 3. The van der Waals surface area contributed by atoms with Crippen LogP contribution in [0.4, 0.5) is 11.4 Å². The lowest BCUT2D eigenvalue weighted by atomic mass is 10.1. The third-order valence-corrected chi connectivity index (χ3v) is 5.15. The summed E-state index contributed by atoms with van der Waals surface area (Å²) in [4.78, 5) is 39.1. The number of ether oxygens (including phenoxy) is 2. The summed E-state index contributed by atoms with van der Waals surface area (Å²) in [6, 6.07) is 12.9. The molecule has 0 unspecified atom stereocenters. The number of para-hydroxylation sites is 2. The largest absolute Gasteiger partial charge is 0.495 e. The van der Waals surface area contributed by atoms with Crippen molar-refractivity contribution in [1.29, 1.82) is 0 Å². The number of rotatable bonds is 6. The molecule has 1 aliphatic heterocycles. The normalized spacial score (nSPS) is 16.9. The van der Waals surface area contributed by atoms with Gasteiger partial charge in [0.2, 0.25) is 5.91 Å². The van der Waals surface area contributed by atoms with Crippen LogP contribution in [0.1, 0.15) is 24.5 Å². The number of hydrogen-bond acceptors (Lipinski definition) is 5. The molecule has 0 spiro atoms. The molecule has 0 aliphatic carbocycles. The minimum Gasteiger partial charge on any atom is -0.495 e. The predicted molar refractivity (Wildman–Crippen MR) is 114 cm³/mol. The van der Waals surface area contributed by atoms with E-state index in [4.69, 9.17) is 9.47 Å². The van der Waals surface area contributed by atoms with Crippen LogP contribution in [0, 0.1) is 19.8 Å². The lowest BCUT2D eigenvalue weighted by Gasteiger charge is -2.20. The second-order valence-corrected chi connectivity index (χ2v) is 7.46. The average Bonchev–Trinajstić information content (AvgIpc) is 3.12. The number of esters is 1. The molecular formula is C23H26N2O5. The lowest BCUT2D eigenvalue weighted by molar-refractivity contribution is -0.157. The summed E-state index contributed by atoms with van der Waals surface area (Å²) in [5, 5.41) is 2.80. The van der Waals surface area contributed by atoms with Crippen molar-refractivity contribution in [3.8, 4) is 5.75 Å². The quantitative estimate of drug-likeness (QED) is 0.739. The number of hydrogen-bond donors (Lipinski definition) is 1. The standard InChI is InChI=1S/C23H26N2O5/c1-14-9-10-15(2)18(11-14)24-22(27)16(3)30-23(28)17-12-21(26)25(13-17)19-7-5-6-8-20(19)29-4/h5-11,16-17H,12-13H2,1-4H3,(H,24,27)/t16-,17-/m0/s1. The van der Waals surface area contributed by atoms with Crippen molar-refractivity contribution in [2.75, 3.05) is 23.9 Å².